The first-order valence-corrected chi connectivity index (χ1v) is 12.5. The van der Waals surface area contributed by atoms with Crippen molar-refractivity contribution in [3.63, 3.8) is 0 Å². The average Bonchev–Trinajstić information content (AvgIpc) is 3.11. The van der Waals surface area contributed by atoms with Crippen LogP contribution >= 0.6 is 0 Å². The number of benzene rings is 1. The van der Waals surface area contributed by atoms with E-state index in [-0.39, 0.29) is 0 Å². The Hall–Kier alpha value is -1.52. The predicted octanol–water partition coefficient (Wildman–Crippen LogP) is 1.60. The van der Waals surface area contributed by atoms with Gasteiger partial charge in [-0.3, -0.25) is 4.90 Å². The zero-order valence-electron chi connectivity index (χ0n) is 18.1. The Kier molecular flexibility index (Phi) is 6.74. The molecule has 0 unspecified atom stereocenters. The summed E-state index contributed by atoms with van der Waals surface area (Å²) in [6, 6.07) is 5.39. The van der Waals surface area contributed by atoms with E-state index in [9.17, 15) is 8.42 Å². The minimum absolute atomic E-state index is 0.321. The van der Waals surface area contributed by atoms with Gasteiger partial charge < -0.3 is 14.2 Å². The molecule has 8 nitrogen and oxygen atoms in total. The molecule has 30 heavy (non-hydrogen) atoms. The van der Waals surface area contributed by atoms with Crippen molar-refractivity contribution in [1.82, 2.24) is 23.7 Å². The minimum Gasteiger partial charge on any atom is -0.379 e. The fourth-order valence-corrected chi connectivity index (χ4v) is 5.74. The predicted molar refractivity (Wildman–Crippen MR) is 117 cm³/mol. The van der Waals surface area contributed by atoms with E-state index in [1.807, 2.05) is 6.07 Å². The first kappa shape index (κ1) is 21.7. The van der Waals surface area contributed by atoms with Gasteiger partial charge in [-0.15, -0.1) is 0 Å². The summed E-state index contributed by atoms with van der Waals surface area (Å²) in [6.07, 6.45) is 1.01. The van der Waals surface area contributed by atoms with E-state index in [0.29, 0.717) is 31.2 Å². The number of hydrogen-bond acceptors (Lipinski definition) is 6. The first-order chi connectivity index (χ1) is 14.5. The second kappa shape index (κ2) is 9.32. The lowest BCUT2D eigenvalue weighted by molar-refractivity contribution is 0.0730. The average molecular weight is 436 g/mol. The highest BCUT2D eigenvalue weighted by molar-refractivity contribution is 7.89. The number of aromatic nitrogens is 2. The van der Waals surface area contributed by atoms with Gasteiger partial charge in [0.2, 0.25) is 10.0 Å². The van der Waals surface area contributed by atoms with Crippen molar-refractivity contribution < 1.29 is 13.2 Å². The molecule has 0 radical (unpaired) electrons. The number of aryl methyl sites for hydroxylation is 1. The summed E-state index contributed by atoms with van der Waals surface area (Å²) in [5, 5.41) is 0. The molecule has 0 aliphatic carbocycles. The molecule has 0 atom stereocenters. The molecule has 2 fully saturated rings. The SMILES string of the molecule is CCCn1c(CN2CCN(CC)CC2)nc2cc(S(=O)(=O)N3CCOCC3)ccc21. The standard InChI is InChI=1S/C21H33N5O3S/c1-3-7-26-20-6-5-18(30(27,28)25-12-14-29-15-13-25)16-19(20)22-21(26)17-24-10-8-23(4-2)9-11-24/h5-6,16H,3-4,7-15,17H2,1-2H3. The van der Waals surface area contributed by atoms with E-state index >= 15 is 0 Å². The van der Waals surface area contributed by atoms with Crippen LogP contribution in [-0.2, 0) is 27.8 Å². The van der Waals surface area contributed by atoms with Gasteiger partial charge in [0.25, 0.3) is 0 Å². The first-order valence-electron chi connectivity index (χ1n) is 11.0. The maximum Gasteiger partial charge on any atom is 0.243 e. The van der Waals surface area contributed by atoms with Gasteiger partial charge in [0.15, 0.2) is 0 Å². The Morgan fingerprint density at radius 3 is 2.37 bits per heavy atom. The van der Waals surface area contributed by atoms with Crippen LogP contribution in [0.2, 0.25) is 0 Å². The van der Waals surface area contributed by atoms with Gasteiger partial charge >= 0.3 is 0 Å². The van der Waals surface area contributed by atoms with Crippen LogP contribution in [0.15, 0.2) is 23.1 Å². The maximum atomic E-state index is 13.0. The molecular formula is C21H33N5O3S. The lowest BCUT2D eigenvalue weighted by atomic mass is 10.3. The Morgan fingerprint density at radius 2 is 1.70 bits per heavy atom. The zero-order valence-corrected chi connectivity index (χ0v) is 18.9. The fourth-order valence-electron chi connectivity index (χ4n) is 4.31. The third-order valence-corrected chi connectivity index (χ3v) is 8.03. The zero-order chi connectivity index (χ0) is 21.1. The highest BCUT2D eigenvalue weighted by Crippen LogP contribution is 2.24. The normalized spacial score (nSPS) is 20.2. The fraction of sp³-hybridized carbons (Fsp3) is 0.667. The van der Waals surface area contributed by atoms with Gasteiger partial charge in [0, 0.05) is 45.8 Å². The third-order valence-electron chi connectivity index (χ3n) is 6.13. The van der Waals surface area contributed by atoms with Gasteiger partial charge in [-0.05, 0) is 31.2 Å². The number of nitrogens with zero attached hydrogens (tertiary/aromatic N) is 5. The molecule has 0 saturated carbocycles. The van der Waals surface area contributed by atoms with Crippen molar-refractivity contribution >= 4 is 21.1 Å². The highest BCUT2D eigenvalue weighted by atomic mass is 32.2. The maximum absolute atomic E-state index is 13.0. The molecule has 2 aliphatic heterocycles. The van der Waals surface area contributed by atoms with E-state index < -0.39 is 10.0 Å². The summed E-state index contributed by atoms with van der Waals surface area (Å²) < 4.78 is 35.2. The molecule has 1 aromatic heterocycles. The van der Waals surface area contributed by atoms with E-state index in [4.69, 9.17) is 9.72 Å². The molecule has 9 heteroatoms. The van der Waals surface area contributed by atoms with E-state index in [1.165, 1.54) is 4.31 Å². The van der Waals surface area contributed by atoms with Gasteiger partial charge in [-0.25, -0.2) is 13.4 Å². The number of morpholine rings is 1. The van der Waals surface area contributed by atoms with Gasteiger partial charge in [-0.1, -0.05) is 13.8 Å². The number of piperazine rings is 1. The van der Waals surface area contributed by atoms with Crippen LogP contribution in [-0.4, -0.2) is 91.1 Å². The molecule has 0 spiro atoms. The molecule has 2 saturated heterocycles. The number of ether oxygens (including phenoxy) is 1. The monoisotopic (exact) mass is 435 g/mol. The summed E-state index contributed by atoms with van der Waals surface area (Å²) >= 11 is 0. The van der Waals surface area contributed by atoms with Crippen molar-refractivity contribution in [2.24, 2.45) is 0 Å². The van der Waals surface area contributed by atoms with Crippen molar-refractivity contribution in [3.8, 4) is 0 Å². The van der Waals surface area contributed by atoms with E-state index in [1.54, 1.807) is 12.1 Å². The van der Waals surface area contributed by atoms with Crippen LogP contribution in [0.1, 0.15) is 26.1 Å². The summed E-state index contributed by atoms with van der Waals surface area (Å²) in [4.78, 5) is 10.1. The Bertz CT molecular complexity index is 960. The molecule has 1 aromatic carbocycles. The minimum atomic E-state index is -3.52. The number of rotatable bonds is 7. The summed E-state index contributed by atoms with van der Waals surface area (Å²) in [5.74, 6) is 1.03. The largest absolute Gasteiger partial charge is 0.379 e. The van der Waals surface area contributed by atoms with Gasteiger partial charge in [0.1, 0.15) is 5.82 Å². The molecule has 166 valence electrons. The number of likely N-dealkylation sites (N-methyl/N-ethyl adjacent to an activating group) is 1. The summed E-state index contributed by atoms with van der Waals surface area (Å²) in [5.41, 5.74) is 1.78. The van der Waals surface area contributed by atoms with Crippen molar-refractivity contribution in [3.05, 3.63) is 24.0 Å². The van der Waals surface area contributed by atoms with Crippen molar-refractivity contribution in [1.29, 1.82) is 0 Å². The van der Waals surface area contributed by atoms with E-state index in [0.717, 1.165) is 69.1 Å². The van der Waals surface area contributed by atoms with Crippen LogP contribution in [0.4, 0.5) is 0 Å². The van der Waals surface area contributed by atoms with Crippen LogP contribution < -0.4 is 0 Å². The number of hydrogen-bond donors (Lipinski definition) is 0. The molecule has 0 amide bonds. The topological polar surface area (TPSA) is 70.9 Å². The summed E-state index contributed by atoms with van der Waals surface area (Å²) in [6.45, 7) is 13.1. The highest BCUT2D eigenvalue weighted by Gasteiger charge is 2.27. The molecule has 2 aliphatic rings. The number of fused-ring (bicyclic) bond motifs is 1. The van der Waals surface area contributed by atoms with Gasteiger partial charge in [-0.2, -0.15) is 4.31 Å². The van der Waals surface area contributed by atoms with Crippen molar-refractivity contribution in [2.45, 2.75) is 38.3 Å². The molecule has 2 aromatic rings. The number of imidazole rings is 1. The Labute approximate surface area is 179 Å². The molecule has 0 N–H and O–H groups in total. The van der Waals surface area contributed by atoms with Crippen LogP contribution in [0.25, 0.3) is 11.0 Å². The third kappa shape index (κ3) is 4.40. The van der Waals surface area contributed by atoms with Crippen LogP contribution in [0, 0.1) is 0 Å². The Morgan fingerprint density at radius 1 is 1.00 bits per heavy atom. The quantitative estimate of drug-likeness (QED) is 0.658. The van der Waals surface area contributed by atoms with Gasteiger partial charge in [0.05, 0.1) is 35.7 Å². The molecule has 4 rings (SSSR count). The molecular weight excluding hydrogens is 402 g/mol. The molecule has 0 bridgehead atoms. The second-order valence-corrected chi connectivity index (χ2v) is 9.99. The van der Waals surface area contributed by atoms with Crippen LogP contribution in [0.5, 0.6) is 0 Å². The lowest BCUT2D eigenvalue weighted by Crippen LogP contribution is -2.45. The summed E-state index contributed by atoms with van der Waals surface area (Å²) in [7, 11) is -3.52. The second-order valence-electron chi connectivity index (χ2n) is 8.06. The Balaban J connectivity index is 1.61. The lowest BCUT2D eigenvalue weighted by Gasteiger charge is -2.33. The van der Waals surface area contributed by atoms with Crippen molar-refractivity contribution in [2.75, 3.05) is 59.0 Å². The smallest absolute Gasteiger partial charge is 0.243 e. The number of sulfonamides is 1. The van der Waals surface area contributed by atoms with Crippen LogP contribution in [0.3, 0.4) is 0 Å². The molecule has 3 heterocycles. The van der Waals surface area contributed by atoms with E-state index in [2.05, 4.69) is 28.2 Å².